The first-order valence-electron chi connectivity index (χ1n) is 11.7. The normalized spacial score (nSPS) is 15.5. The van der Waals surface area contributed by atoms with Crippen LogP contribution in [0.5, 0.6) is 5.75 Å². The number of benzene rings is 3. The minimum Gasteiger partial charge on any atom is -0.495 e. The average molecular weight is 493 g/mol. The van der Waals surface area contributed by atoms with Gasteiger partial charge in [0.15, 0.2) is 0 Å². The summed E-state index contributed by atoms with van der Waals surface area (Å²) in [6.45, 7) is 4.46. The number of rotatable bonds is 5. The summed E-state index contributed by atoms with van der Waals surface area (Å²) in [5.41, 5.74) is 3.96. The summed E-state index contributed by atoms with van der Waals surface area (Å²) in [4.78, 5) is 13.4. The van der Waals surface area contributed by atoms with Crippen molar-refractivity contribution in [2.45, 2.75) is 31.6 Å². The fraction of sp³-hybridized carbons (Fsp3) is 0.296. The van der Waals surface area contributed by atoms with Crippen molar-refractivity contribution in [3.63, 3.8) is 0 Å². The highest BCUT2D eigenvalue weighted by Crippen LogP contribution is 2.37. The van der Waals surface area contributed by atoms with E-state index in [1.165, 1.54) is 4.31 Å². The molecular weight excluding hydrogens is 464 g/mol. The van der Waals surface area contributed by atoms with Crippen molar-refractivity contribution < 1.29 is 22.4 Å². The minimum absolute atomic E-state index is 0.151. The van der Waals surface area contributed by atoms with Crippen molar-refractivity contribution in [3.05, 3.63) is 65.7 Å². The lowest BCUT2D eigenvalue weighted by Crippen LogP contribution is -2.41. The third kappa shape index (κ3) is 4.28. The lowest BCUT2D eigenvalue weighted by molar-refractivity contribution is -0.120. The fourth-order valence-electron chi connectivity index (χ4n) is 4.63. The van der Waals surface area contributed by atoms with Crippen molar-refractivity contribution in [1.82, 2.24) is 4.31 Å². The molecule has 35 heavy (non-hydrogen) atoms. The van der Waals surface area contributed by atoms with Crippen LogP contribution in [0, 0.1) is 19.8 Å². The number of nitrogens with one attached hydrogen (secondary N) is 1. The summed E-state index contributed by atoms with van der Waals surface area (Å²) in [6, 6.07) is 16.6. The molecule has 182 valence electrons. The Morgan fingerprint density at radius 2 is 1.71 bits per heavy atom. The zero-order valence-electron chi connectivity index (χ0n) is 20.0. The van der Waals surface area contributed by atoms with E-state index in [1.807, 2.05) is 50.2 Å². The highest BCUT2D eigenvalue weighted by atomic mass is 32.2. The first-order chi connectivity index (χ1) is 16.8. The van der Waals surface area contributed by atoms with E-state index in [0.29, 0.717) is 47.8 Å². The SMILES string of the molecule is COc1cc2c(cc1NC(=O)C1CCN(S(=O)(=O)c3ccc(C)c(C)c3)CC1)oc1ccccc12. The van der Waals surface area contributed by atoms with Gasteiger partial charge in [0.25, 0.3) is 0 Å². The molecule has 0 spiro atoms. The Morgan fingerprint density at radius 3 is 2.43 bits per heavy atom. The molecule has 4 aromatic rings. The summed E-state index contributed by atoms with van der Waals surface area (Å²) >= 11 is 0. The van der Waals surface area contributed by atoms with Gasteiger partial charge in [0.1, 0.15) is 16.9 Å². The molecule has 1 aliphatic rings. The minimum atomic E-state index is -3.59. The molecule has 1 aromatic heterocycles. The molecule has 8 heteroatoms. The second-order valence-electron chi connectivity index (χ2n) is 9.06. The Morgan fingerprint density at radius 1 is 0.971 bits per heavy atom. The number of para-hydroxylation sites is 1. The van der Waals surface area contributed by atoms with Crippen LogP contribution in [0.1, 0.15) is 24.0 Å². The monoisotopic (exact) mass is 492 g/mol. The molecule has 0 radical (unpaired) electrons. The van der Waals surface area contributed by atoms with Crippen molar-refractivity contribution in [2.75, 3.05) is 25.5 Å². The molecule has 0 unspecified atom stereocenters. The third-order valence-electron chi connectivity index (χ3n) is 6.90. The van der Waals surface area contributed by atoms with Gasteiger partial charge in [-0.25, -0.2) is 8.42 Å². The molecule has 1 amide bonds. The summed E-state index contributed by atoms with van der Waals surface area (Å²) < 4.78 is 39.2. The van der Waals surface area contributed by atoms with E-state index in [1.54, 1.807) is 25.3 Å². The van der Waals surface area contributed by atoms with Gasteiger partial charge in [-0.05, 0) is 62.1 Å². The predicted molar refractivity (Wildman–Crippen MR) is 136 cm³/mol. The fourth-order valence-corrected chi connectivity index (χ4v) is 6.19. The maximum Gasteiger partial charge on any atom is 0.243 e. The number of nitrogens with zero attached hydrogens (tertiary/aromatic N) is 1. The Hall–Kier alpha value is -3.36. The average Bonchev–Trinajstić information content (AvgIpc) is 3.22. The number of hydrogen-bond acceptors (Lipinski definition) is 5. The molecule has 2 heterocycles. The Labute approximate surface area is 204 Å². The van der Waals surface area contributed by atoms with E-state index in [2.05, 4.69) is 5.32 Å². The van der Waals surface area contributed by atoms with Gasteiger partial charge in [0, 0.05) is 35.8 Å². The number of piperidine rings is 1. The summed E-state index contributed by atoms with van der Waals surface area (Å²) in [7, 11) is -2.02. The van der Waals surface area contributed by atoms with E-state index in [-0.39, 0.29) is 11.8 Å². The van der Waals surface area contributed by atoms with E-state index < -0.39 is 10.0 Å². The number of aryl methyl sites for hydroxylation is 2. The molecule has 5 rings (SSSR count). The van der Waals surface area contributed by atoms with Gasteiger partial charge in [-0.2, -0.15) is 4.31 Å². The number of methoxy groups -OCH3 is 1. The molecule has 3 aromatic carbocycles. The molecule has 7 nitrogen and oxygen atoms in total. The van der Waals surface area contributed by atoms with Crippen molar-refractivity contribution in [3.8, 4) is 5.75 Å². The smallest absolute Gasteiger partial charge is 0.243 e. The number of hydrogen-bond donors (Lipinski definition) is 1. The number of fused-ring (bicyclic) bond motifs is 3. The molecule has 0 bridgehead atoms. The Kier molecular flexibility index (Phi) is 6.02. The zero-order chi connectivity index (χ0) is 24.7. The van der Waals surface area contributed by atoms with Gasteiger partial charge in [-0.15, -0.1) is 0 Å². The van der Waals surface area contributed by atoms with Crippen LogP contribution in [-0.2, 0) is 14.8 Å². The molecule has 1 saturated heterocycles. The Bertz CT molecular complexity index is 1530. The standard InChI is InChI=1S/C27H28N2O5S/c1-17-8-9-20(14-18(17)2)35(31,32)29-12-10-19(11-13-29)27(30)28-23-16-25-22(15-26(23)33-3)21-6-4-5-7-24(21)34-25/h4-9,14-16,19H,10-13H2,1-3H3,(H,28,30). The molecule has 1 N–H and O–H groups in total. The maximum atomic E-state index is 13.1. The van der Waals surface area contributed by atoms with Crippen LogP contribution in [0.15, 0.2) is 63.9 Å². The summed E-state index contributed by atoms with van der Waals surface area (Å²) in [6.07, 6.45) is 0.899. The lowest BCUT2D eigenvalue weighted by Gasteiger charge is -2.30. The number of anilines is 1. The quantitative estimate of drug-likeness (QED) is 0.411. The van der Waals surface area contributed by atoms with Crippen LogP contribution in [0.4, 0.5) is 5.69 Å². The zero-order valence-corrected chi connectivity index (χ0v) is 20.8. The number of sulfonamides is 1. The first kappa shape index (κ1) is 23.4. The molecule has 1 aliphatic heterocycles. The number of ether oxygens (including phenoxy) is 1. The van der Waals surface area contributed by atoms with Gasteiger partial charge in [0.2, 0.25) is 15.9 Å². The van der Waals surface area contributed by atoms with Gasteiger partial charge in [-0.3, -0.25) is 4.79 Å². The lowest BCUT2D eigenvalue weighted by atomic mass is 9.97. The number of furan rings is 1. The van der Waals surface area contributed by atoms with Crippen molar-refractivity contribution >= 4 is 43.6 Å². The first-order valence-corrected chi connectivity index (χ1v) is 13.1. The number of carbonyl (C=O) groups is 1. The van der Waals surface area contributed by atoms with Crippen molar-refractivity contribution in [2.24, 2.45) is 5.92 Å². The van der Waals surface area contributed by atoms with Crippen LogP contribution < -0.4 is 10.1 Å². The van der Waals surface area contributed by atoms with E-state index >= 15 is 0 Å². The molecular formula is C27H28N2O5S. The highest BCUT2D eigenvalue weighted by molar-refractivity contribution is 7.89. The van der Waals surface area contributed by atoms with Gasteiger partial charge < -0.3 is 14.5 Å². The second-order valence-corrected chi connectivity index (χ2v) is 11.0. The maximum absolute atomic E-state index is 13.1. The van der Waals surface area contributed by atoms with Crippen molar-refractivity contribution in [1.29, 1.82) is 0 Å². The van der Waals surface area contributed by atoms with Crippen LogP contribution in [-0.4, -0.2) is 38.8 Å². The number of carbonyl (C=O) groups excluding carboxylic acids is 1. The van der Waals surface area contributed by atoms with Crippen LogP contribution in [0.2, 0.25) is 0 Å². The van der Waals surface area contributed by atoms with Crippen LogP contribution in [0.25, 0.3) is 21.9 Å². The summed E-state index contributed by atoms with van der Waals surface area (Å²) in [5, 5.41) is 4.87. The predicted octanol–water partition coefficient (Wildman–Crippen LogP) is 5.25. The highest BCUT2D eigenvalue weighted by Gasteiger charge is 2.32. The third-order valence-corrected chi connectivity index (χ3v) is 8.79. The van der Waals surface area contributed by atoms with E-state index in [9.17, 15) is 13.2 Å². The molecule has 0 atom stereocenters. The topological polar surface area (TPSA) is 88.9 Å². The van der Waals surface area contributed by atoms with Gasteiger partial charge in [-0.1, -0.05) is 24.3 Å². The Balaban J connectivity index is 1.31. The van der Waals surface area contributed by atoms with Crippen LogP contribution in [0.3, 0.4) is 0 Å². The second kappa shape index (κ2) is 9.02. The van der Waals surface area contributed by atoms with Crippen LogP contribution >= 0.6 is 0 Å². The number of amides is 1. The molecule has 0 aliphatic carbocycles. The molecule has 1 fully saturated rings. The van der Waals surface area contributed by atoms with E-state index in [0.717, 1.165) is 27.5 Å². The van der Waals surface area contributed by atoms with Gasteiger partial charge in [0.05, 0.1) is 17.7 Å². The molecule has 0 saturated carbocycles. The van der Waals surface area contributed by atoms with Gasteiger partial charge >= 0.3 is 0 Å². The largest absolute Gasteiger partial charge is 0.495 e. The summed E-state index contributed by atoms with van der Waals surface area (Å²) in [5.74, 6) is 0.103. The van der Waals surface area contributed by atoms with E-state index in [4.69, 9.17) is 9.15 Å².